The van der Waals surface area contributed by atoms with Gasteiger partial charge >= 0.3 is 0 Å². The number of aliphatic hydroxyl groups excluding tert-OH is 2. The molecule has 8 N–H and O–H groups in total. The maximum Gasteiger partial charge on any atom is 0.220 e. The lowest BCUT2D eigenvalue weighted by Gasteiger charge is -2.34. The summed E-state index contributed by atoms with van der Waals surface area (Å²) >= 11 is 0. The number of unbranched alkanes of at least 4 members (excludes halogenated alkanes) is 18. The third-order valence-electron chi connectivity index (χ3n) is 12.9. The highest BCUT2D eigenvalue weighted by Gasteiger charge is 2.20. The molecule has 4 atom stereocenters. The van der Waals surface area contributed by atoms with E-state index in [9.17, 15) is 19.8 Å². The fraction of sp³-hybridized carbons (Fsp3) is 0.885. The van der Waals surface area contributed by atoms with Crippen molar-refractivity contribution in [1.82, 2.24) is 20.4 Å². The Bertz CT molecular complexity index is 986. The number of nitrogens with zero attached hydrogens (tertiary/aromatic N) is 2. The second kappa shape index (κ2) is 43.1. The summed E-state index contributed by atoms with van der Waals surface area (Å²) in [6, 6.07) is 0. The molecular weight excluding hydrogens is 773 g/mol. The highest BCUT2D eigenvalue weighted by Crippen LogP contribution is 2.22. The molecule has 0 aromatic heterocycles. The fourth-order valence-corrected chi connectivity index (χ4v) is 8.84. The topological polar surface area (TPSA) is 157 Å². The lowest BCUT2D eigenvalue weighted by Crippen LogP contribution is -2.47. The molecule has 1 saturated heterocycles. The number of nitrogens with one attached hydrogen (secondary N) is 2. The van der Waals surface area contributed by atoms with Gasteiger partial charge in [0.05, 0.1) is 12.2 Å². The van der Waals surface area contributed by atoms with Gasteiger partial charge in [-0.2, -0.15) is 0 Å². The molecule has 10 heteroatoms. The molecule has 0 aliphatic carbocycles. The number of piperazine rings is 1. The average Bonchev–Trinajstić information content (AvgIpc) is 3.27. The van der Waals surface area contributed by atoms with Gasteiger partial charge in [0.1, 0.15) is 0 Å². The van der Waals surface area contributed by atoms with Gasteiger partial charge in [0, 0.05) is 65.2 Å². The largest absolute Gasteiger partial charge is 0.392 e. The lowest BCUT2D eigenvalue weighted by atomic mass is 9.91. The van der Waals surface area contributed by atoms with Gasteiger partial charge in [-0.3, -0.25) is 9.59 Å². The van der Waals surface area contributed by atoms with E-state index in [0.717, 1.165) is 103 Å². The number of hydrogen-bond acceptors (Lipinski definition) is 8. The quantitative estimate of drug-likeness (QED) is 0.0261. The zero-order chi connectivity index (χ0) is 45.1. The first-order valence-corrected chi connectivity index (χ1v) is 26.3. The van der Waals surface area contributed by atoms with Gasteiger partial charge < -0.3 is 42.1 Å². The molecule has 62 heavy (non-hydrogen) atoms. The van der Waals surface area contributed by atoms with Crippen LogP contribution in [0.25, 0.3) is 0 Å². The fourth-order valence-electron chi connectivity index (χ4n) is 8.84. The predicted octanol–water partition coefficient (Wildman–Crippen LogP) is 9.56. The molecule has 0 aromatic carbocycles. The predicted molar refractivity (Wildman–Crippen MR) is 264 cm³/mol. The summed E-state index contributed by atoms with van der Waals surface area (Å²) in [4.78, 5) is 30.7. The van der Waals surface area contributed by atoms with Gasteiger partial charge in [-0.25, -0.2) is 0 Å². The smallest absolute Gasteiger partial charge is 0.220 e. The van der Waals surface area contributed by atoms with E-state index in [1.54, 1.807) is 0 Å². The van der Waals surface area contributed by atoms with Crippen molar-refractivity contribution in [2.24, 2.45) is 23.3 Å². The third kappa shape index (κ3) is 36.5. The highest BCUT2D eigenvalue weighted by molar-refractivity contribution is 5.76. The van der Waals surface area contributed by atoms with Gasteiger partial charge in [0.2, 0.25) is 11.8 Å². The Morgan fingerprint density at radius 3 is 1.16 bits per heavy atom. The molecule has 0 radical (unpaired) electrons. The van der Waals surface area contributed by atoms with E-state index in [-0.39, 0.29) is 36.7 Å². The molecule has 10 nitrogen and oxygen atoms in total. The summed E-state index contributed by atoms with van der Waals surface area (Å²) < 4.78 is 0. The number of hydrogen-bond donors (Lipinski definition) is 6. The first-order valence-electron chi connectivity index (χ1n) is 26.3. The van der Waals surface area contributed by atoms with E-state index >= 15 is 0 Å². The Balaban J connectivity index is 2.18. The van der Waals surface area contributed by atoms with Crippen molar-refractivity contribution in [1.29, 1.82) is 0 Å². The third-order valence-corrected chi connectivity index (χ3v) is 12.9. The van der Waals surface area contributed by atoms with Crippen molar-refractivity contribution >= 4 is 11.8 Å². The first-order chi connectivity index (χ1) is 30.3. The summed E-state index contributed by atoms with van der Waals surface area (Å²) in [5, 5.41) is 26.8. The van der Waals surface area contributed by atoms with Crippen LogP contribution in [0, 0.1) is 11.8 Å². The van der Waals surface area contributed by atoms with Crippen LogP contribution in [-0.4, -0.2) is 109 Å². The second-order valence-electron chi connectivity index (χ2n) is 18.8. The van der Waals surface area contributed by atoms with E-state index in [1.807, 2.05) is 0 Å². The number of aliphatic hydroxyl groups is 2. The number of carbonyl (C=O) groups is 2. The molecule has 0 saturated carbocycles. The molecule has 1 aliphatic rings. The SMILES string of the molecule is CCCCCCCC/C=C\CCCCCC(CC(=O)NCCCN1CCN(CCCNC(=O)CC(CCCCC/C=C\CCCCCCCC)CC(O)CN)CC1)CC(O)CN. The Hall–Kier alpha value is -1.82. The molecule has 2 amide bonds. The van der Waals surface area contributed by atoms with Crippen LogP contribution in [0.2, 0.25) is 0 Å². The first kappa shape index (κ1) is 58.2. The number of rotatable bonds is 44. The standard InChI is InChI=1S/C52H102N6O4/c1-3-5-7-9-11-13-15-17-19-21-23-25-27-31-47(41-49(59)45-53)43-51(61)55-33-29-35-57-37-39-58(40-38-57)36-30-34-56-52(62)44-48(42-50(60)46-54)32-28-26-24-22-20-18-16-14-12-10-8-6-4-2/h17-20,47-50,59-60H,3-16,21-46,53-54H2,1-2H3,(H,55,61)(H,56,62)/b19-17-,20-18-. The van der Waals surface area contributed by atoms with Crippen molar-refractivity contribution < 1.29 is 19.8 Å². The van der Waals surface area contributed by atoms with Crippen LogP contribution in [0.5, 0.6) is 0 Å². The maximum absolute atomic E-state index is 12.9. The normalized spacial score (nSPS) is 16.0. The van der Waals surface area contributed by atoms with Crippen molar-refractivity contribution in [2.75, 3.05) is 65.4 Å². The zero-order valence-corrected chi connectivity index (χ0v) is 40.7. The van der Waals surface area contributed by atoms with Crippen LogP contribution >= 0.6 is 0 Å². The maximum atomic E-state index is 12.9. The minimum absolute atomic E-state index is 0.0881. The van der Waals surface area contributed by atoms with E-state index in [0.29, 0.717) is 38.8 Å². The average molecular weight is 875 g/mol. The minimum atomic E-state index is -0.544. The van der Waals surface area contributed by atoms with Crippen LogP contribution in [-0.2, 0) is 9.59 Å². The van der Waals surface area contributed by atoms with Gasteiger partial charge in [-0.1, -0.05) is 128 Å². The lowest BCUT2D eigenvalue weighted by molar-refractivity contribution is -0.123. The van der Waals surface area contributed by atoms with Crippen LogP contribution in [0.3, 0.4) is 0 Å². The van der Waals surface area contributed by atoms with Crippen molar-refractivity contribution in [3.05, 3.63) is 24.3 Å². The van der Waals surface area contributed by atoms with E-state index in [4.69, 9.17) is 11.5 Å². The van der Waals surface area contributed by atoms with Crippen LogP contribution < -0.4 is 22.1 Å². The Morgan fingerprint density at radius 1 is 0.500 bits per heavy atom. The van der Waals surface area contributed by atoms with Crippen molar-refractivity contribution in [2.45, 2.75) is 219 Å². The summed E-state index contributed by atoms with van der Waals surface area (Å²) in [7, 11) is 0. The summed E-state index contributed by atoms with van der Waals surface area (Å²) in [6.07, 6.45) is 41.8. The number of nitrogens with two attached hydrogens (primary N) is 2. The minimum Gasteiger partial charge on any atom is -0.392 e. The van der Waals surface area contributed by atoms with Crippen LogP contribution in [0.4, 0.5) is 0 Å². The Labute approximate surface area is 382 Å². The van der Waals surface area contributed by atoms with Crippen LogP contribution in [0.1, 0.15) is 206 Å². The summed E-state index contributed by atoms with van der Waals surface area (Å²) in [5.41, 5.74) is 11.4. The van der Waals surface area contributed by atoms with Gasteiger partial charge in [0.15, 0.2) is 0 Å². The van der Waals surface area contributed by atoms with Crippen molar-refractivity contribution in [3.63, 3.8) is 0 Å². The number of amides is 2. The van der Waals surface area contributed by atoms with Gasteiger partial charge in [0.25, 0.3) is 0 Å². The molecule has 0 spiro atoms. The second-order valence-corrected chi connectivity index (χ2v) is 18.8. The zero-order valence-electron chi connectivity index (χ0n) is 40.7. The molecule has 0 bridgehead atoms. The highest BCUT2D eigenvalue weighted by atomic mass is 16.3. The molecule has 1 aliphatic heterocycles. The monoisotopic (exact) mass is 875 g/mol. The molecule has 364 valence electrons. The molecular formula is C52H102N6O4. The van der Waals surface area contributed by atoms with Gasteiger partial charge in [-0.05, 0) is 115 Å². The molecule has 1 rings (SSSR count). The Kier molecular flexibility index (Phi) is 40.4. The van der Waals surface area contributed by atoms with E-state index < -0.39 is 12.2 Å². The number of carbonyl (C=O) groups excluding carboxylic acids is 2. The van der Waals surface area contributed by atoms with E-state index in [1.165, 1.54) is 103 Å². The molecule has 0 aromatic rings. The molecule has 1 heterocycles. The molecule has 1 fully saturated rings. The van der Waals surface area contributed by atoms with Gasteiger partial charge in [-0.15, -0.1) is 0 Å². The number of allylic oxidation sites excluding steroid dienone is 4. The summed E-state index contributed by atoms with van der Waals surface area (Å²) in [6.45, 7) is 12.4. The Morgan fingerprint density at radius 2 is 0.823 bits per heavy atom. The van der Waals surface area contributed by atoms with Crippen LogP contribution in [0.15, 0.2) is 24.3 Å². The van der Waals surface area contributed by atoms with Crippen molar-refractivity contribution in [3.8, 4) is 0 Å². The molecule has 4 unspecified atom stereocenters. The summed E-state index contributed by atoms with van der Waals surface area (Å²) in [5.74, 6) is 0.514. The van der Waals surface area contributed by atoms with E-state index in [2.05, 4.69) is 58.6 Å².